The van der Waals surface area contributed by atoms with E-state index in [9.17, 15) is 9.59 Å². The van der Waals surface area contributed by atoms with Crippen molar-refractivity contribution in [3.05, 3.63) is 35.4 Å². The summed E-state index contributed by atoms with van der Waals surface area (Å²) in [7, 11) is 0. The zero-order valence-electron chi connectivity index (χ0n) is 8.02. The zero-order chi connectivity index (χ0) is 11.1. The fraction of sp³-hybridized carbons (Fsp3) is 0.200. The highest BCUT2D eigenvalue weighted by Crippen LogP contribution is 2.08. The maximum absolute atomic E-state index is 10.9. The highest BCUT2D eigenvalue weighted by molar-refractivity contribution is 7.79. The number of hydrogen-bond donors (Lipinski definition) is 2. The minimum atomic E-state index is -1.07. The number of carboxylic acids is 1. The van der Waals surface area contributed by atoms with Gasteiger partial charge in [0.2, 0.25) is 0 Å². The van der Waals surface area contributed by atoms with E-state index in [-0.39, 0.29) is 16.9 Å². The van der Waals surface area contributed by atoms with Crippen LogP contribution in [-0.4, -0.2) is 23.1 Å². The van der Waals surface area contributed by atoms with E-state index in [1.165, 1.54) is 19.1 Å². The first-order chi connectivity index (χ1) is 6.63. The number of carbonyl (C=O) groups is 2. The summed E-state index contributed by atoms with van der Waals surface area (Å²) < 4.78 is 0. The molecule has 14 heavy (non-hydrogen) atoms. The molecule has 1 N–H and O–H groups in total. The van der Waals surface area contributed by atoms with Crippen LogP contribution in [0.4, 0.5) is 0 Å². The topological polar surface area (TPSA) is 54.4 Å². The first kappa shape index (κ1) is 12.7. The van der Waals surface area contributed by atoms with E-state index in [1.54, 1.807) is 18.4 Å². The summed E-state index contributed by atoms with van der Waals surface area (Å²) in [6.07, 6.45) is 1.69. The summed E-state index contributed by atoms with van der Waals surface area (Å²) in [4.78, 5) is 21.5. The Bertz CT molecular complexity index is 301. The van der Waals surface area contributed by atoms with Gasteiger partial charge >= 0.3 is 5.97 Å². The van der Waals surface area contributed by atoms with Gasteiger partial charge in [-0.15, -0.1) is 0 Å². The molecule has 0 fully saturated rings. The predicted octanol–water partition coefficient (Wildman–Crippen LogP) is 2.13. The van der Waals surface area contributed by atoms with Crippen molar-refractivity contribution in [1.82, 2.24) is 0 Å². The molecule has 0 radical (unpaired) electrons. The number of benzene rings is 1. The molecule has 1 rings (SSSR count). The van der Waals surface area contributed by atoms with E-state index in [2.05, 4.69) is 12.6 Å². The molecule has 0 atom stereocenters. The van der Waals surface area contributed by atoms with E-state index < -0.39 is 5.97 Å². The zero-order valence-corrected chi connectivity index (χ0v) is 8.91. The molecule has 3 nitrogen and oxygen atoms in total. The summed E-state index contributed by atoms with van der Waals surface area (Å²) >= 11 is 3.53. The smallest absolute Gasteiger partial charge is 0.336 e. The van der Waals surface area contributed by atoms with Gasteiger partial charge in [-0.2, -0.15) is 12.6 Å². The van der Waals surface area contributed by atoms with Gasteiger partial charge in [0.1, 0.15) is 0 Å². The molecular formula is C10H12O3S. The van der Waals surface area contributed by atoms with Gasteiger partial charge in [0.15, 0.2) is 5.78 Å². The van der Waals surface area contributed by atoms with E-state index in [0.717, 1.165) is 0 Å². The molecule has 0 bridgehead atoms. The molecular weight excluding hydrogens is 200 g/mol. The Hall–Kier alpha value is -1.29. The molecule has 0 aliphatic carbocycles. The van der Waals surface area contributed by atoms with Crippen molar-refractivity contribution in [2.45, 2.75) is 6.92 Å². The van der Waals surface area contributed by atoms with Crippen LogP contribution in [-0.2, 0) is 0 Å². The molecule has 0 aromatic heterocycles. The normalized spacial score (nSPS) is 8.50. The van der Waals surface area contributed by atoms with E-state index >= 15 is 0 Å². The molecule has 0 unspecified atom stereocenters. The summed E-state index contributed by atoms with van der Waals surface area (Å²) in [5.74, 6) is -1.30. The van der Waals surface area contributed by atoms with Gasteiger partial charge in [-0.05, 0) is 19.2 Å². The van der Waals surface area contributed by atoms with Crippen molar-refractivity contribution in [1.29, 1.82) is 0 Å². The van der Waals surface area contributed by atoms with Crippen molar-refractivity contribution in [3.8, 4) is 0 Å². The number of carbonyl (C=O) groups excluding carboxylic acids is 1. The Morgan fingerprint density at radius 2 is 1.57 bits per heavy atom. The third-order valence-corrected chi connectivity index (χ3v) is 1.54. The number of aromatic carboxylic acids is 1. The molecule has 0 aliphatic rings. The van der Waals surface area contributed by atoms with Gasteiger partial charge in [-0.3, -0.25) is 4.79 Å². The average Bonchev–Trinajstić information content (AvgIpc) is 2.20. The standard InChI is InChI=1S/C9H8O3.CH4S/c1-6(10)7-4-2-3-5-8(7)9(11)12;1-2/h2-5H,1H3,(H,11,12);2H,1H3. The lowest BCUT2D eigenvalue weighted by molar-refractivity contribution is 0.0692. The van der Waals surface area contributed by atoms with Crippen LogP contribution in [0.3, 0.4) is 0 Å². The lowest BCUT2D eigenvalue weighted by Crippen LogP contribution is -2.05. The molecule has 1 aromatic rings. The van der Waals surface area contributed by atoms with Crippen molar-refractivity contribution in [2.75, 3.05) is 6.26 Å². The monoisotopic (exact) mass is 212 g/mol. The fourth-order valence-electron chi connectivity index (χ4n) is 0.977. The van der Waals surface area contributed by atoms with Crippen molar-refractivity contribution >= 4 is 24.4 Å². The predicted molar refractivity (Wildman–Crippen MR) is 58.3 cm³/mol. The summed E-state index contributed by atoms with van der Waals surface area (Å²) in [5.41, 5.74) is 0.315. The van der Waals surface area contributed by atoms with E-state index in [0.29, 0.717) is 0 Å². The van der Waals surface area contributed by atoms with Crippen LogP contribution in [0.25, 0.3) is 0 Å². The van der Waals surface area contributed by atoms with Crippen LogP contribution in [0.1, 0.15) is 27.6 Å². The van der Waals surface area contributed by atoms with Crippen LogP contribution in [0.15, 0.2) is 24.3 Å². The van der Waals surface area contributed by atoms with Crippen LogP contribution in [0.5, 0.6) is 0 Å². The minimum Gasteiger partial charge on any atom is -0.478 e. The Labute approximate surface area is 88.2 Å². The average molecular weight is 212 g/mol. The first-order valence-corrected chi connectivity index (χ1v) is 4.80. The van der Waals surface area contributed by atoms with Gasteiger partial charge in [-0.25, -0.2) is 4.79 Å². The molecule has 0 spiro atoms. The summed E-state index contributed by atoms with van der Waals surface area (Å²) in [6, 6.07) is 6.16. The van der Waals surface area contributed by atoms with Crippen LogP contribution >= 0.6 is 12.6 Å². The molecule has 0 amide bonds. The number of Topliss-reactive ketones (excluding diaryl/α,β-unsaturated/α-hetero) is 1. The highest BCUT2D eigenvalue weighted by atomic mass is 32.1. The summed E-state index contributed by atoms with van der Waals surface area (Å²) in [6.45, 7) is 1.35. The van der Waals surface area contributed by atoms with Gasteiger partial charge < -0.3 is 5.11 Å². The Kier molecular flexibility index (Phi) is 5.64. The number of ketones is 1. The lowest BCUT2D eigenvalue weighted by Gasteiger charge is -1.99. The van der Waals surface area contributed by atoms with Crippen molar-refractivity contribution in [3.63, 3.8) is 0 Å². The molecule has 0 heterocycles. The Morgan fingerprint density at radius 1 is 1.14 bits per heavy atom. The minimum absolute atomic E-state index is 0.0602. The molecule has 1 aromatic carbocycles. The first-order valence-electron chi connectivity index (χ1n) is 3.91. The third kappa shape index (κ3) is 3.22. The number of rotatable bonds is 2. The van der Waals surface area contributed by atoms with Crippen molar-refractivity contribution < 1.29 is 14.7 Å². The van der Waals surface area contributed by atoms with E-state index in [1.807, 2.05) is 0 Å². The Morgan fingerprint density at radius 3 is 1.86 bits per heavy atom. The molecule has 0 saturated heterocycles. The fourth-order valence-corrected chi connectivity index (χ4v) is 0.977. The van der Waals surface area contributed by atoms with E-state index in [4.69, 9.17) is 5.11 Å². The number of hydrogen-bond acceptors (Lipinski definition) is 3. The van der Waals surface area contributed by atoms with Gasteiger partial charge in [-0.1, -0.05) is 18.2 Å². The largest absolute Gasteiger partial charge is 0.478 e. The Balaban J connectivity index is 0.000000791. The molecule has 4 heteroatoms. The third-order valence-electron chi connectivity index (χ3n) is 1.54. The maximum Gasteiger partial charge on any atom is 0.336 e. The molecule has 76 valence electrons. The SMILES string of the molecule is CC(=O)c1ccccc1C(=O)O.CS. The quantitative estimate of drug-likeness (QED) is 0.583. The maximum atomic E-state index is 10.9. The second-order valence-electron chi connectivity index (χ2n) is 2.41. The molecule has 0 saturated carbocycles. The second-order valence-corrected chi connectivity index (χ2v) is 2.41. The summed E-state index contributed by atoms with van der Waals surface area (Å²) in [5, 5.41) is 8.66. The van der Waals surface area contributed by atoms with Crippen LogP contribution < -0.4 is 0 Å². The number of carboxylic acid groups (broad SMARTS) is 1. The van der Waals surface area contributed by atoms with Gasteiger partial charge in [0.05, 0.1) is 5.56 Å². The van der Waals surface area contributed by atoms with Crippen LogP contribution in [0.2, 0.25) is 0 Å². The number of thiol groups is 1. The van der Waals surface area contributed by atoms with Crippen LogP contribution in [0, 0.1) is 0 Å². The van der Waals surface area contributed by atoms with Crippen molar-refractivity contribution in [2.24, 2.45) is 0 Å². The molecule has 0 aliphatic heterocycles. The van der Waals surface area contributed by atoms with Gasteiger partial charge in [0, 0.05) is 5.56 Å². The highest BCUT2D eigenvalue weighted by Gasteiger charge is 2.11. The second kappa shape index (κ2) is 6.21. The van der Waals surface area contributed by atoms with Gasteiger partial charge in [0.25, 0.3) is 0 Å². The lowest BCUT2D eigenvalue weighted by atomic mass is 10.1.